The Morgan fingerprint density at radius 1 is 1.45 bits per heavy atom. The molecule has 1 saturated heterocycles. The molecule has 0 bridgehead atoms. The number of aromatic nitrogens is 1. The van der Waals surface area contributed by atoms with E-state index < -0.39 is 0 Å². The number of aryl methyl sites for hydroxylation is 2. The molecule has 2 heterocycles. The van der Waals surface area contributed by atoms with Crippen molar-refractivity contribution in [3.05, 3.63) is 22.9 Å². The zero-order valence-electron chi connectivity index (χ0n) is 11.9. The lowest BCUT2D eigenvalue weighted by molar-refractivity contribution is 0.0820. The maximum atomic E-state index is 5.92. The van der Waals surface area contributed by atoms with Gasteiger partial charge in [-0.3, -0.25) is 0 Å². The Bertz CT molecular complexity index is 532. The average Bonchev–Trinajstić information content (AvgIpc) is 2.77. The van der Waals surface area contributed by atoms with Crippen LogP contribution < -0.4 is 10.6 Å². The Balaban J connectivity index is 2.00. The molecule has 1 unspecified atom stereocenters. The van der Waals surface area contributed by atoms with Gasteiger partial charge in [0.2, 0.25) is 0 Å². The maximum Gasteiger partial charge on any atom is 0.139 e. The first-order valence-corrected chi connectivity index (χ1v) is 7.75. The molecule has 3 rings (SSSR count). The second kappa shape index (κ2) is 5.66. The average molecular weight is 291 g/mol. The number of nitrogens with two attached hydrogens (primary N) is 1. The zero-order valence-corrected chi connectivity index (χ0v) is 12.7. The van der Waals surface area contributed by atoms with Crippen molar-refractivity contribution in [3.8, 4) is 0 Å². The van der Waals surface area contributed by atoms with E-state index in [-0.39, 0.29) is 6.10 Å². The summed E-state index contributed by atoms with van der Waals surface area (Å²) in [6.45, 7) is 4.71. The molecule has 1 fully saturated rings. The van der Waals surface area contributed by atoms with Crippen molar-refractivity contribution in [2.45, 2.75) is 38.7 Å². The summed E-state index contributed by atoms with van der Waals surface area (Å²) in [5, 5.41) is 0. The standard InChI is InChI=1S/C15H21N3OS/c1-10-9-18(6-3-7-19-10)15-12(14(16)20)8-11-4-2-5-13(11)17-15/h8,10H,2-7,9H2,1H3,(H2,16,20). The highest BCUT2D eigenvalue weighted by Crippen LogP contribution is 2.28. The molecular weight excluding hydrogens is 270 g/mol. The van der Waals surface area contributed by atoms with Crippen LogP contribution in [0.5, 0.6) is 0 Å². The van der Waals surface area contributed by atoms with E-state index in [0.717, 1.165) is 50.3 Å². The molecule has 5 heteroatoms. The summed E-state index contributed by atoms with van der Waals surface area (Å²) in [5.41, 5.74) is 9.38. The summed E-state index contributed by atoms with van der Waals surface area (Å²) < 4.78 is 5.71. The normalized spacial score (nSPS) is 22.4. The van der Waals surface area contributed by atoms with Crippen molar-refractivity contribution in [2.75, 3.05) is 24.6 Å². The molecule has 1 atom stereocenters. The molecule has 2 N–H and O–H groups in total. The molecule has 1 aliphatic carbocycles. The topological polar surface area (TPSA) is 51.4 Å². The van der Waals surface area contributed by atoms with Gasteiger partial charge in [0.15, 0.2) is 0 Å². The first-order valence-electron chi connectivity index (χ1n) is 7.34. The van der Waals surface area contributed by atoms with Crippen LogP contribution in [-0.4, -0.2) is 35.8 Å². The number of rotatable bonds is 2. The Kier molecular flexibility index (Phi) is 3.89. The first-order chi connectivity index (χ1) is 9.65. The van der Waals surface area contributed by atoms with E-state index in [1.807, 2.05) is 0 Å². The quantitative estimate of drug-likeness (QED) is 0.842. The second-order valence-corrected chi connectivity index (χ2v) is 6.10. The molecule has 2 aliphatic rings. The molecule has 4 nitrogen and oxygen atoms in total. The van der Waals surface area contributed by atoms with Gasteiger partial charge in [-0.1, -0.05) is 12.2 Å². The highest BCUT2D eigenvalue weighted by atomic mass is 32.1. The van der Waals surface area contributed by atoms with Gasteiger partial charge in [-0.05, 0) is 44.2 Å². The third-order valence-corrected chi connectivity index (χ3v) is 4.27. The highest BCUT2D eigenvalue weighted by molar-refractivity contribution is 7.80. The molecule has 1 aliphatic heterocycles. The fourth-order valence-corrected chi connectivity index (χ4v) is 3.22. The van der Waals surface area contributed by atoms with E-state index in [2.05, 4.69) is 17.9 Å². The number of pyridine rings is 1. The van der Waals surface area contributed by atoms with E-state index in [0.29, 0.717) is 4.99 Å². The van der Waals surface area contributed by atoms with Gasteiger partial charge in [-0.25, -0.2) is 4.98 Å². The van der Waals surface area contributed by atoms with Crippen molar-refractivity contribution in [2.24, 2.45) is 5.73 Å². The fraction of sp³-hybridized carbons (Fsp3) is 0.600. The van der Waals surface area contributed by atoms with Crippen molar-refractivity contribution >= 4 is 23.0 Å². The number of anilines is 1. The van der Waals surface area contributed by atoms with E-state index in [9.17, 15) is 0 Å². The minimum absolute atomic E-state index is 0.215. The Morgan fingerprint density at radius 3 is 3.10 bits per heavy atom. The fourth-order valence-electron chi connectivity index (χ4n) is 3.07. The van der Waals surface area contributed by atoms with Gasteiger partial charge in [0, 0.05) is 25.4 Å². The number of hydrogen-bond acceptors (Lipinski definition) is 4. The van der Waals surface area contributed by atoms with Crippen LogP contribution in [0.1, 0.15) is 36.6 Å². The van der Waals surface area contributed by atoms with Crippen molar-refractivity contribution in [1.82, 2.24) is 4.98 Å². The van der Waals surface area contributed by atoms with Gasteiger partial charge in [-0.2, -0.15) is 0 Å². The molecule has 0 spiro atoms. The van der Waals surface area contributed by atoms with Crippen LogP contribution in [0.25, 0.3) is 0 Å². The third kappa shape index (κ3) is 2.65. The van der Waals surface area contributed by atoms with Crippen LogP contribution in [0.2, 0.25) is 0 Å². The van der Waals surface area contributed by atoms with Crippen LogP contribution in [0, 0.1) is 0 Å². The number of nitrogens with zero attached hydrogens (tertiary/aromatic N) is 2. The number of hydrogen-bond donors (Lipinski definition) is 1. The van der Waals surface area contributed by atoms with E-state index in [4.69, 9.17) is 27.7 Å². The lowest BCUT2D eigenvalue weighted by atomic mass is 10.1. The second-order valence-electron chi connectivity index (χ2n) is 5.66. The number of ether oxygens (including phenoxy) is 1. The molecule has 0 aromatic carbocycles. The molecular formula is C15H21N3OS. The van der Waals surface area contributed by atoms with Crippen LogP contribution >= 0.6 is 12.2 Å². The maximum absolute atomic E-state index is 5.92. The van der Waals surface area contributed by atoms with Crippen LogP contribution in [0.15, 0.2) is 6.07 Å². The van der Waals surface area contributed by atoms with Gasteiger partial charge < -0.3 is 15.4 Å². The van der Waals surface area contributed by atoms with Gasteiger partial charge in [0.05, 0.1) is 11.7 Å². The minimum Gasteiger partial charge on any atom is -0.389 e. The van der Waals surface area contributed by atoms with Crippen LogP contribution in [-0.2, 0) is 17.6 Å². The highest BCUT2D eigenvalue weighted by Gasteiger charge is 2.23. The van der Waals surface area contributed by atoms with E-state index >= 15 is 0 Å². The SMILES string of the molecule is CC1CN(c2nc3c(cc2C(N)=S)CCC3)CCCO1. The number of thiocarbonyl (C=S) groups is 1. The van der Waals surface area contributed by atoms with Crippen molar-refractivity contribution < 1.29 is 4.74 Å². The summed E-state index contributed by atoms with van der Waals surface area (Å²) in [7, 11) is 0. The van der Waals surface area contributed by atoms with Gasteiger partial charge in [0.1, 0.15) is 10.8 Å². The van der Waals surface area contributed by atoms with Crippen molar-refractivity contribution in [3.63, 3.8) is 0 Å². The Morgan fingerprint density at radius 2 is 2.30 bits per heavy atom. The smallest absolute Gasteiger partial charge is 0.139 e. The third-order valence-electron chi connectivity index (χ3n) is 4.05. The molecule has 20 heavy (non-hydrogen) atoms. The zero-order chi connectivity index (χ0) is 14.1. The predicted octanol–water partition coefficient (Wildman–Crippen LogP) is 1.82. The predicted molar refractivity (Wildman–Crippen MR) is 84.4 cm³/mol. The lowest BCUT2D eigenvalue weighted by Crippen LogP contribution is -2.33. The van der Waals surface area contributed by atoms with Gasteiger partial charge >= 0.3 is 0 Å². The number of fused-ring (bicyclic) bond motifs is 1. The molecule has 0 saturated carbocycles. The first kappa shape index (κ1) is 13.8. The minimum atomic E-state index is 0.215. The van der Waals surface area contributed by atoms with E-state index in [1.54, 1.807) is 0 Å². The molecule has 108 valence electrons. The largest absolute Gasteiger partial charge is 0.389 e. The van der Waals surface area contributed by atoms with Gasteiger partial charge in [-0.15, -0.1) is 0 Å². The summed E-state index contributed by atoms with van der Waals surface area (Å²) in [6, 6.07) is 2.16. The molecule has 1 aromatic heterocycles. The van der Waals surface area contributed by atoms with E-state index in [1.165, 1.54) is 17.7 Å². The van der Waals surface area contributed by atoms with Crippen LogP contribution in [0.3, 0.4) is 0 Å². The summed E-state index contributed by atoms with van der Waals surface area (Å²) >= 11 is 5.23. The summed E-state index contributed by atoms with van der Waals surface area (Å²) in [4.78, 5) is 7.60. The molecule has 1 aromatic rings. The summed E-state index contributed by atoms with van der Waals surface area (Å²) in [6.07, 6.45) is 4.58. The summed E-state index contributed by atoms with van der Waals surface area (Å²) in [5.74, 6) is 0.954. The Hall–Kier alpha value is -1.20. The Labute approximate surface area is 125 Å². The van der Waals surface area contributed by atoms with Crippen LogP contribution in [0.4, 0.5) is 5.82 Å². The molecule has 0 amide bonds. The lowest BCUT2D eigenvalue weighted by Gasteiger charge is -2.26. The monoisotopic (exact) mass is 291 g/mol. The van der Waals surface area contributed by atoms with Crippen molar-refractivity contribution in [1.29, 1.82) is 0 Å². The molecule has 0 radical (unpaired) electrons. The van der Waals surface area contributed by atoms with Gasteiger partial charge in [0.25, 0.3) is 0 Å².